The van der Waals surface area contributed by atoms with Gasteiger partial charge < -0.3 is 15.4 Å². The summed E-state index contributed by atoms with van der Waals surface area (Å²) >= 11 is 0. The summed E-state index contributed by atoms with van der Waals surface area (Å²) in [7, 11) is -3.57. The van der Waals surface area contributed by atoms with Gasteiger partial charge in [0.05, 0.1) is 4.90 Å². The maximum absolute atomic E-state index is 12.4. The molecule has 0 aromatic heterocycles. The SMILES string of the molecule is O=C(N[C@H]1CCNC1)c1ccc(S(=O)(=O)NC2CCOCC2)cc1. The van der Waals surface area contributed by atoms with Crippen LogP contribution in [0.25, 0.3) is 0 Å². The second-order valence-corrected chi connectivity index (χ2v) is 7.91. The van der Waals surface area contributed by atoms with Gasteiger partial charge in [-0.3, -0.25) is 4.79 Å². The van der Waals surface area contributed by atoms with Crippen molar-refractivity contribution in [2.45, 2.75) is 36.2 Å². The smallest absolute Gasteiger partial charge is 0.251 e. The minimum atomic E-state index is -3.57. The molecule has 2 aliphatic rings. The molecule has 0 aliphatic carbocycles. The fourth-order valence-electron chi connectivity index (χ4n) is 2.93. The third-order valence-electron chi connectivity index (χ3n) is 4.37. The highest BCUT2D eigenvalue weighted by atomic mass is 32.2. The topological polar surface area (TPSA) is 96.5 Å². The normalized spacial score (nSPS) is 22.4. The van der Waals surface area contributed by atoms with Crippen LogP contribution in [0.4, 0.5) is 0 Å². The fraction of sp³-hybridized carbons (Fsp3) is 0.562. The third kappa shape index (κ3) is 4.32. The van der Waals surface area contributed by atoms with Crippen molar-refractivity contribution in [3.63, 3.8) is 0 Å². The standard InChI is InChI=1S/C16H23N3O4S/c20-16(18-14-5-8-17-11-14)12-1-3-15(4-2-12)24(21,22)19-13-6-9-23-10-7-13/h1-4,13-14,17,19H,5-11H2,(H,18,20)/t14-/m0/s1. The molecule has 0 unspecified atom stereocenters. The molecule has 0 bridgehead atoms. The van der Waals surface area contributed by atoms with Crippen LogP contribution in [0.3, 0.4) is 0 Å². The van der Waals surface area contributed by atoms with Crippen LogP contribution in [-0.4, -0.2) is 52.7 Å². The molecule has 1 aromatic carbocycles. The Hall–Kier alpha value is -1.48. The highest BCUT2D eigenvalue weighted by Gasteiger charge is 2.23. The molecule has 8 heteroatoms. The second-order valence-electron chi connectivity index (χ2n) is 6.20. The number of hydrogen-bond acceptors (Lipinski definition) is 5. The molecule has 1 atom stereocenters. The third-order valence-corrected chi connectivity index (χ3v) is 5.90. The average Bonchev–Trinajstić information content (AvgIpc) is 3.08. The number of rotatable bonds is 5. The largest absolute Gasteiger partial charge is 0.381 e. The molecule has 132 valence electrons. The van der Waals surface area contributed by atoms with Crippen LogP contribution in [-0.2, 0) is 14.8 Å². The lowest BCUT2D eigenvalue weighted by Gasteiger charge is -2.23. The first-order chi connectivity index (χ1) is 11.5. The summed E-state index contributed by atoms with van der Waals surface area (Å²) in [5, 5.41) is 6.12. The zero-order valence-electron chi connectivity index (χ0n) is 13.5. The van der Waals surface area contributed by atoms with Gasteiger partial charge in [0.1, 0.15) is 0 Å². The van der Waals surface area contributed by atoms with Crippen LogP contribution in [0.1, 0.15) is 29.6 Å². The van der Waals surface area contributed by atoms with E-state index in [0.29, 0.717) is 31.6 Å². The molecule has 0 saturated carbocycles. The Bertz CT molecular complexity index is 663. The Morgan fingerprint density at radius 2 is 1.79 bits per heavy atom. The number of carbonyl (C=O) groups is 1. The predicted octanol–water partition coefficient (Wildman–Crippen LogP) is 0.236. The van der Waals surface area contributed by atoms with Crippen LogP contribution in [0.5, 0.6) is 0 Å². The second kappa shape index (κ2) is 7.60. The zero-order chi connectivity index (χ0) is 17.0. The lowest BCUT2D eigenvalue weighted by molar-refractivity contribution is 0.0832. The summed E-state index contributed by atoms with van der Waals surface area (Å²) in [6.45, 7) is 2.82. The first-order valence-electron chi connectivity index (χ1n) is 8.26. The molecular formula is C16H23N3O4S. The van der Waals surface area contributed by atoms with Crippen molar-refractivity contribution >= 4 is 15.9 Å². The van der Waals surface area contributed by atoms with E-state index in [1.54, 1.807) is 12.1 Å². The van der Waals surface area contributed by atoms with Crippen molar-refractivity contribution in [2.24, 2.45) is 0 Å². The Kier molecular flexibility index (Phi) is 5.50. The van der Waals surface area contributed by atoms with E-state index in [1.165, 1.54) is 12.1 Å². The first kappa shape index (κ1) is 17.3. The highest BCUT2D eigenvalue weighted by Crippen LogP contribution is 2.15. The molecule has 3 rings (SSSR count). The monoisotopic (exact) mass is 353 g/mol. The Morgan fingerprint density at radius 1 is 1.08 bits per heavy atom. The van der Waals surface area contributed by atoms with Gasteiger partial charge in [0.25, 0.3) is 5.91 Å². The van der Waals surface area contributed by atoms with E-state index in [9.17, 15) is 13.2 Å². The minimum absolute atomic E-state index is 0.0957. The van der Waals surface area contributed by atoms with Gasteiger partial charge in [-0.1, -0.05) is 0 Å². The summed E-state index contributed by atoms with van der Waals surface area (Å²) in [6, 6.07) is 6.09. The molecule has 2 heterocycles. The fourth-order valence-corrected chi connectivity index (χ4v) is 4.24. The summed E-state index contributed by atoms with van der Waals surface area (Å²) in [5.41, 5.74) is 0.465. The highest BCUT2D eigenvalue weighted by molar-refractivity contribution is 7.89. The summed E-state index contributed by atoms with van der Waals surface area (Å²) in [5.74, 6) is -0.176. The number of carbonyl (C=O) groups excluding carboxylic acids is 1. The molecule has 0 spiro atoms. The van der Waals surface area contributed by atoms with E-state index >= 15 is 0 Å². The van der Waals surface area contributed by atoms with Crippen LogP contribution in [0, 0.1) is 0 Å². The zero-order valence-corrected chi connectivity index (χ0v) is 14.3. The summed E-state index contributed by atoms with van der Waals surface area (Å²) in [6.07, 6.45) is 2.26. The summed E-state index contributed by atoms with van der Waals surface area (Å²) < 4.78 is 32.7. The van der Waals surface area contributed by atoms with Crippen LogP contribution >= 0.6 is 0 Å². The molecule has 3 N–H and O–H groups in total. The van der Waals surface area contributed by atoms with Crippen molar-refractivity contribution in [1.82, 2.24) is 15.4 Å². The van der Waals surface area contributed by atoms with Crippen LogP contribution < -0.4 is 15.4 Å². The van der Waals surface area contributed by atoms with E-state index in [2.05, 4.69) is 15.4 Å². The van der Waals surface area contributed by atoms with Crippen LogP contribution in [0.15, 0.2) is 29.2 Å². The molecule has 2 aliphatic heterocycles. The maximum atomic E-state index is 12.4. The number of amides is 1. The number of nitrogens with one attached hydrogen (secondary N) is 3. The van der Waals surface area contributed by atoms with Gasteiger partial charge >= 0.3 is 0 Å². The van der Waals surface area contributed by atoms with Crippen LogP contribution in [0.2, 0.25) is 0 Å². The van der Waals surface area contributed by atoms with E-state index in [4.69, 9.17) is 4.74 Å². The van der Waals surface area contributed by atoms with Crippen molar-refractivity contribution in [1.29, 1.82) is 0 Å². The Balaban J connectivity index is 1.63. The van der Waals surface area contributed by atoms with E-state index in [1.807, 2.05) is 0 Å². The molecule has 2 fully saturated rings. The lowest BCUT2D eigenvalue weighted by Crippen LogP contribution is -2.39. The minimum Gasteiger partial charge on any atom is -0.381 e. The summed E-state index contributed by atoms with van der Waals surface area (Å²) in [4.78, 5) is 12.3. The van der Waals surface area contributed by atoms with E-state index in [0.717, 1.165) is 19.5 Å². The van der Waals surface area contributed by atoms with Gasteiger partial charge in [-0.25, -0.2) is 13.1 Å². The first-order valence-corrected chi connectivity index (χ1v) is 9.75. The number of benzene rings is 1. The lowest BCUT2D eigenvalue weighted by atomic mass is 10.1. The van der Waals surface area contributed by atoms with Crippen molar-refractivity contribution in [3.05, 3.63) is 29.8 Å². The maximum Gasteiger partial charge on any atom is 0.251 e. The molecule has 24 heavy (non-hydrogen) atoms. The van der Waals surface area contributed by atoms with Gasteiger partial charge in [-0.15, -0.1) is 0 Å². The van der Waals surface area contributed by atoms with Gasteiger partial charge in [-0.05, 0) is 50.1 Å². The quantitative estimate of drug-likeness (QED) is 0.704. The van der Waals surface area contributed by atoms with Crippen molar-refractivity contribution < 1.29 is 17.9 Å². The Labute approximate surface area is 142 Å². The van der Waals surface area contributed by atoms with Gasteiger partial charge in [0.15, 0.2) is 0 Å². The van der Waals surface area contributed by atoms with Gasteiger partial charge in [0, 0.05) is 37.4 Å². The predicted molar refractivity (Wildman–Crippen MR) is 89.3 cm³/mol. The number of ether oxygens (including phenoxy) is 1. The number of sulfonamides is 1. The average molecular weight is 353 g/mol. The molecule has 1 amide bonds. The van der Waals surface area contributed by atoms with E-state index < -0.39 is 10.0 Å². The van der Waals surface area contributed by atoms with Crippen molar-refractivity contribution in [2.75, 3.05) is 26.3 Å². The van der Waals surface area contributed by atoms with Crippen molar-refractivity contribution in [3.8, 4) is 0 Å². The Morgan fingerprint density at radius 3 is 2.42 bits per heavy atom. The van der Waals surface area contributed by atoms with E-state index in [-0.39, 0.29) is 22.9 Å². The molecular weight excluding hydrogens is 330 g/mol. The molecule has 2 saturated heterocycles. The molecule has 0 radical (unpaired) electrons. The molecule has 1 aromatic rings. The molecule has 7 nitrogen and oxygen atoms in total. The van der Waals surface area contributed by atoms with Gasteiger partial charge in [0.2, 0.25) is 10.0 Å². The van der Waals surface area contributed by atoms with Gasteiger partial charge in [-0.2, -0.15) is 0 Å². The number of hydrogen-bond donors (Lipinski definition) is 3.